The van der Waals surface area contributed by atoms with Crippen molar-refractivity contribution in [3.05, 3.63) is 23.3 Å². The van der Waals surface area contributed by atoms with Crippen molar-refractivity contribution < 1.29 is 14.7 Å². The van der Waals surface area contributed by atoms with E-state index in [-0.39, 0.29) is 22.6 Å². The molecule has 0 radical (unpaired) electrons. The van der Waals surface area contributed by atoms with Crippen LogP contribution in [0.15, 0.2) is 12.1 Å². The number of carbonyl (C=O) groups is 2. The standard InChI is InChI=1S/C8H9N3O3/c9-7-5(13)2-1-4(3-12)6(7)8(14)11-10/h1-3,13H,9-10H2,(H,11,14). The minimum Gasteiger partial charge on any atom is -0.506 e. The number of hydrogen-bond donors (Lipinski definition) is 4. The second-order valence-electron chi connectivity index (χ2n) is 2.55. The maximum Gasteiger partial charge on any atom is 0.268 e. The highest BCUT2D eigenvalue weighted by Crippen LogP contribution is 2.26. The molecule has 0 aliphatic carbocycles. The summed E-state index contributed by atoms with van der Waals surface area (Å²) in [6, 6.07) is 2.51. The number of aldehydes is 1. The molecule has 6 N–H and O–H groups in total. The topological polar surface area (TPSA) is 118 Å². The van der Waals surface area contributed by atoms with Crippen LogP contribution in [-0.2, 0) is 0 Å². The lowest BCUT2D eigenvalue weighted by atomic mass is 10.1. The molecule has 0 spiro atoms. The number of carbonyl (C=O) groups excluding carboxylic acids is 2. The molecular weight excluding hydrogens is 186 g/mol. The van der Waals surface area contributed by atoms with E-state index in [1.807, 2.05) is 5.43 Å². The van der Waals surface area contributed by atoms with Gasteiger partial charge in [-0.3, -0.25) is 15.0 Å². The van der Waals surface area contributed by atoms with Gasteiger partial charge in [-0.15, -0.1) is 0 Å². The van der Waals surface area contributed by atoms with Crippen LogP contribution in [0.3, 0.4) is 0 Å². The van der Waals surface area contributed by atoms with Gasteiger partial charge in [-0.25, -0.2) is 5.84 Å². The first-order chi connectivity index (χ1) is 6.61. The normalized spacial score (nSPS) is 9.50. The lowest BCUT2D eigenvalue weighted by Gasteiger charge is -2.07. The van der Waals surface area contributed by atoms with E-state index >= 15 is 0 Å². The maximum absolute atomic E-state index is 11.2. The van der Waals surface area contributed by atoms with E-state index in [2.05, 4.69) is 0 Å². The second-order valence-corrected chi connectivity index (χ2v) is 2.55. The minimum atomic E-state index is -0.722. The molecule has 6 nitrogen and oxygen atoms in total. The zero-order valence-electron chi connectivity index (χ0n) is 7.15. The van der Waals surface area contributed by atoms with Gasteiger partial charge in [0, 0.05) is 5.56 Å². The Kier molecular flexibility index (Phi) is 2.68. The molecule has 0 aliphatic heterocycles. The summed E-state index contributed by atoms with van der Waals surface area (Å²) in [6.07, 6.45) is 0.459. The molecule has 0 heterocycles. The third-order valence-corrected chi connectivity index (χ3v) is 1.74. The molecule has 14 heavy (non-hydrogen) atoms. The summed E-state index contributed by atoms with van der Waals surface area (Å²) in [5, 5.41) is 9.20. The van der Waals surface area contributed by atoms with Crippen LogP contribution in [0.1, 0.15) is 20.7 Å². The van der Waals surface area contributed by atoms with Crippen LogP contribution >= 0.6 is 0 Å². The summed E-state index contributed by atoms with van der Waals surface area (Å²) in [6.45, 7) is 0. The molecule has 6 heteroatoms. The predicted molar refractivity (Wildman–Crippen MR) is 49.6 cm³/mol. The average Bonchev–Trinajstić information content (AvgIpc) is 2.20. The van der Waals surface area contributed by atoms with Gasteiger partial charge in [0.1, 0.15) is 5.75 Å². The number of nitrogens with one attached hydrogen (secondary N) is 1. The maximum atomic E-state index is 11.2. The van der Waals surface area contributed by atoms with Crippen molar-refractivity contribution in [1.82, 2.24) is 5.43 Å². The van der Waals surface area contributed by atoms with Gasteiger partial charge in [0.25, 0.3) is 5.91 Å². The number of phenols is 1. The van der Waals surface area contributed by atoms with E-state index in [0.29, 0.717) is 6.29 Å². The minimum absolute atomic E-state index is 0.0725. The highest BCUT2D eigenvalue weighted by Gasteiger charge is 2.16. The fourth-order valence-corrected chi connectivity index (χ4v) is 1.05. The summed E-state index contributed by atoms with van der Waals surface area (Å²) < 4.78 is 0. The second kappa shape index (κ2) is 3.75. The van der Waals surface area contributed by atoms with Crippen molar-refractivity contribution in [3.63, 3.8) is 0 Å². The Morgan fingerprint density at radius 3 is 2.64 bits per heavy atom. The van der Waals surface area contributed by atoms with E-state index < -0.39 is 5.91 Å². The molecule has 0 aliphatic rings. The Morgan fingerprint density at radius 1 is 1.50 bits per heavy atom. The van der Waals surface area contributed by atoms with Gasteiger partial charge < -0.3 is 10.8 Å². The van der Waals surface area contributed by atoms with Gasteiger partial charge in [-0.2, -0.15) is 0 Å². The van der Waals surface area contributed by atoms with Gasteiger partial charge in [0.2, 0.25) is 0 Å². The molecule has 0 aromatic heterocycles. The molecule has 0 fully saturated rings. The molecule has 0 bridgehead atoms. The fraction of sp³-hybridized carbons (Fsp3) is 0. The highest BCUT2D eigenvalue weighted by atomic mass is 16.3. The van der Waals surface area contributed by atoms with E-state index in [1.165, 1.54) is 12.1 Å². The molecule has 0 saturated carbocycles. The molecular formula is C8H9N3O3. The molecule has 0 atom stereocenters. The summed E-state index contributed by atoms with van der Waals surface area (Å²) in [4.78, 5) is 21.7. The lowest BCUT2D eigenvalue weighted by molar-refractivity contribution is 0.0948. The van der Waals surface area contributed by atoms with Crippen molar-refractivity contribution in [2.24, 2.45) is 5.84 Å². The van der Waals surface area contributed by atoms with Crippen LogP contribution in [0.2, 0.25) is 0 Å². The zero-order chi connectivity index (χ0) is 10.7. The van der Waals surface area contributed by atoms with Crippen LogP contribution in [0.4, 0.5) is 5.69 Å². The Labute approximate surface area is 79.5 Å². The first-order valence-corrected chi connectivity index (χ1v) is 3.69. The van der Waals surface area contributed by atoms with Crippen molar-refractivity contribution >= 4 is 17.9 Å². The number of nitrogen functional groups attached to an aromatic ring is 2. The van der Waals surface area contributed by atoms with Crippen LogP contribution in [0.5, 0.6) is 5.75 Å². The first-order valence-electron chi connectivity index (χ1n) is 3.69. The third kappa shape index (κ3) is 1.50. The SMILES string of the molecule is NNC(=O)c1c(C=O)ccc(O)c1N. The monoisotopic (exact) mass is 195 g/mol. The van der Waals surface area contributed by atoms with Crippen molar-refractivity contribution in [1.29, 1.82) is 0 Å². The highest BCUT2D eigenvalue weighted by molar-refractivity contribution is 6.06. The first kappa shape index (κ1) is 10.0. The van der Waals surface area contributed by atoms with Crippen molar-refractivity contribution in [2.75, 3.05) is 5.73 Å². The third-order valence-electron chi connectivity index (χ3n) is 1.74. The number of phenolic OH excluding ortho intramolecular Hbond substituents is 1. The number of nitrogens with two attached hydrogens (primary N) is 2. The predicted octanol–water partition coefficient (Wildman–Crippen LogP) is -0.610. The van der Waals surface area contributed by atoms with Gasteiger partial charge in [-0.1, -0.05) is 0 Å². The van der Waals surface area contributed by atoms with Crippen molar-refractivity contribution in [3.8, 4) is 5.75 Å². The Morgan fingerprint density at radius 2 is 2.14 bits per heavy atom. The summed E-state index contributed by atoms with van der Waals surface area (Å²) in [7, 11) is 0. The number of anilines is 1. The molecule has 74 valence electrons. The number of aromatic hydroxyl groups is 1. The Bertz CT molecular complexity index is 390. The van der Waals surface area contributed by atoms with Gasteiger partial charge in [0.05, 0.1) is 11.3 Å². The van der Waals surface area contributed by atoms with Crippen LogP contribution in [0, 0.1) is 0 Å². The number of hydrogen-bond acceptors (Lipinski definition) is 5. The zero-order valence-corrected chi connectivity index (χ0v) is 7.15. The smallest absolute Gasteiger partial charge is 0.268 e. The van der Waals surface area contributed by atoms with E-state index in [0.717, 1.165) is 0 Å². The fourth-order valence-electron chi connectivity index (χ4n) is 1.05. The Balaban J connectivity index is 3.42. The average molecular weight is 195 g/mol. The number of rotatable bonds is 2. The summed E-state index contributed by atoms with van der Waals surface area (Å²) >= 11 is 0. The van der Waals surface area contributed by atoms with E-state index in [9.17, 15) is 14.7 Å². The van der Waals surface area contributed by atoms with Gasteiger partial charge in [0.15, 0.2) is 6.29 Å². The van der Waals surface area contributed by atoms with Gasteiger partial charge >= 0.3 is 0 Å². The van der Waals surface area contributed by atoms with Crippen LogP contribution < -0.4 is 17.0 Å². The molecule has 1 amide bonds. The molecule has 1 rings (SSSR count). The number of hydrazine groups is 1. The lowest BCUT2D eigenvalue weighted by Crippen LogP contribution is -2.31. The molecule has 0 unspecified atom stereocenters. The quantitative estimate of drug-likeness (QED) is 0.125. The largest absolute Gasteiger partial charge is 0.506 e. The summed E-state index contributed by atoms with van der Waals surface area (Å²) in [5.41, 5.74) is 7.03. The molecule has 1 aromatic carbocycles. The van der Waals surface area contributed by atoms with E-state index in [4.69, 9.17) is 11.6 Å². The summed E-state index contributed by atoms with van der Waals surface area (Å²) in [5.74, 6) is 3.90. The molecule has 0 saturated heterocycles. The van der Waals surface area contributed by atoms with Crippen LogP contribution in [-0.4, -0.2) is 17.3 Å². The Hall–Kier alpha value is -2.08. The van der Waals surface area contributed by atoms with E-state index in [1.54, 1.807) is 0 Å². The van der Waals surface area contributed by atoms with Crippen molar-refractivity contribution in [2.45, 2.75) is 0 Å². The van der Waals surface area contributed by atoms with Crippen LogP contribution in [0.25, 0.3) is 0 Å². The molecule has 1 aromatic rings. The van der Waals surface area contributed by atoms with Gasteiger partial charge in [-0.05, 0) is 12.1 Å². The number of benzene rings is 1. The number of amides is 1.